The molecule has 2 rings (SSSR count). The number of aliphatic hydroxyl groups excluding tert-OH is 1. The van der Waals surface area contributed by atoms with Gasteiger partial charge in [-0.15, -0.1) is 0 Å². The van der Waals surface area contributed by atoms with Crippen LogP contribution in [0, 0.1) is 0 Å². The van der Waals surface area contributed by atoms with Crippen molar-refractivity contribution in [3.8, 4) is 0 Å². The summed E-state index contributed by atoms with van der Waals surface area (Å²) in [6.07, 6.45) is 1.76. The van der Waals surface area contributed by atoms with Crippen molar-refractivity contribution in [2.24, 2.45) is 0 Å². The summed E-state index contributed by atoms with van der Waals surface area (Å²) >= 11 is 17.5. The molecule has 0 bridgehead atoms. The zero-order valence-electron chi connectivity index (χ0n) is 13.1. The first-order valence-corrected chi connectivity index (χ1v) is 11.0. The third-order valence-corrected chi connectivity index (χ3v) is 8.30. The molecule has 2 nitrogen and oxygen atoms in total. The molecule has 2 aromatic carbocycles. The molecule has 2 aromatic rings. The molecule has 0 aliphatic rings. The van der Waals surface area contributed by atoms with Crippen molar-refractivity contribution >= 4 is 41.9 Å². The Morgan fingerprint density at radius 2 is 1.21 bits per heavy atom. The first-order chi connectivity index (χ1) is 11.3. The summed E-state index contributed by atoms with van der Waals surface area (Å²) in [5.41, 5.74) is 2.10. The molecule has 0 heterocycles. The number of hydrogen-bond acceptors (Lipinski definition) is 2. The lowest BCUT2D eigenvalue weighted by atomic mass is 10.2. The lowest BCUT2D eigenvalue weighted by Crippen LogP contribution is -2.28. The fourth-order valence-corrected chi connectivity index (χ4v) is 6.67. The van der Waals surface area contributed by atoms with E-state index in [2.05, 4.69) is 0 Å². The third kappa shape index (κ3) is 5.79. The maximum atomic E-state index is 13.4. The first-order valence-electron chi connectivity index (χ1n) is 7.72. The van der Waals surface area contributed by atoms with Crippen LogP contribution in [0.25, 0.3) is 0 Å². The molecule has 1 N–H and O–H groups in total. The SMILES string of the molecule is O=P(CCc1ccccc1)(CCc1ccccc1)C(O)C(Cl)(Cl)Cl. The molecule has 0 aliphatic carbocycles. The number of aliphatic hydroxyl groups is 1. The molecule has 0 fully saturated rings. The van der Waals surface area contributed by atoms with Crippen molar-refractivity contribution in [1.29, 1.82) is 0 Å². The van der Waals surface area contributed by atoms with Gasteiger partial charge in [0.15, 0.2) is 5.85 Å². The summed E-state index contributed by atoms with van der Waals surface area (Å²) in [6.45, 7) is 0. The Bertz CT molecular complexity index is 624. The van der Waals surface area contributed by atoms with Gasteiger partial charge < -0.3 is 9.67 Å². The number of halogens is 3. The van der Waals surface area contributed by atoms with E-state index in [0.29, 0.717) is 25.2 Å². The fourth-order valence-electron chi connectivity index (χ4n) is 2.55. The average molecular weight is 406 g/mol. The molecule has 1 atom stereocenters. The maximum absolute atomic E-state index is 13.4. The minimum absolute atomic E-state index is 0.304. The van der Waals surface area contributed by atoms with Gasteiger partial charge >= 0.3 is 0 Å². The van der Waals surface area contributed by atoms with Gasteiger partial charge in [-0.3, -0.25) is 0 Å². The summed E-state index contributed by atoms with van der Waals surface area (Å²) in [5, 5.41) is 10.4. The van der Waals surface area contributed by atoms with E-state index in [9.17, 15) is 9.67 Å². The molecule has 0 aromatic heterocycles. The Hall–Kier alpha value is -0.500. The monoisotopic (exact) mass is 404 g/mol. The van der Waals surface area contributed by atoms with E-state index >= 15 is 0 Å². The van der Waals surface area contributed by atoms with Crippen LogP contribution in [0.15, 0.2) is 60.7 Å². The number of rotatable bonds is 7. The van der Waals surface area contributed by atoms with Crippen LogP contribution in [-0.4, -0.2) is 27.1 Å². The highest BCUT2D eigenvalue weighted by Gasteiger charge is 2.44. The van der Waals surface area contributed by atoms with Crippen LogP contribution in [0.2, 0.25) is 0 Å². The van der Waals surface area contributed by atoms with Crippen LogP contribution >= 0.6 is 41.9 Å². The predicted molar refractivity (Wildman–Crippen MR) is 104 cm³/mol. The lowest BCUT2D eigenvalue weighted by Gasteiger charge is -2.29. The summed E-state index contributed by atoms with van der Waals surface area (Å²) in [6, 6.07) is 19.4. The van der Waals surface area contributed by atoms with Gasteiger partial charge in [-0.05, 0) is 24.0 Å². The molecule has 0 spiro atoms. The van der Waals surface area contributed by atoms with E-state index in [1.54, 1.807) is 0 Å². The minimum atomic E-state index is -3.10. The van der Waals surface area contributed by atoms with Crippen molar-refractivity contribution in [3.63, 3.8) is 0 Å². The van der Waals surface area contributed by atoms with Gasteiger partial charge in [0, 0.05) is 12.3 Å². The molecule has 130 valence electrons. The Balaban J connectivity index is 2.13. The van der Waals surface area contributed by atoms with Crippen molar-refractivity contribution in [1.82, 2.24) is 0 Å². The average Bonchev–Trinajstić information content (AvgIpc) is 2.58. The van der Waals surface area contributed by atoms with Crippen molar-refractivity contribution < 1.29 is 9.67 Å². The molecule has 0 radical (unpaired) electrons. The largest absolute Gasteiger partial charge is 0.381 e. The van der Waals surface area contributed by atoms with E-state index in [1.165, 1.54) is 0 Å². The highest BCUT2D eigenvalue weighted by atomic mass is 35.6. The highest BCUT2D eigenvalue weighted by Crippen LogP contribution is 2.57. The second kappa shape index (κ2) is 8.74. The Morgan fingerprint density at radius 3 is 1.54 bits per heavy atom. The van der Waals surface area contributed by atoms with Crippen LogP contribution < -0.4 is 0 Å². The summed E-state index contributed by atoms with van der Waals surface area (Å²) in [4.78, 5) is 0. The normalized spacial score (nSPS) is 13.7. The van der Waals surface area contributed by atoms with Gasteiger partial charge in [-0.2, -0.15) is 0 Å². The molecule has 0 amide bonds. The van der Waals surface area contributed by atoms with Gasteiger partial charge in [-0.1, -0.05) is 95.5 Å². The standard InChI is InChI=1S/C18H20Cl3O2P/c19-18(20,21)17(22)24(23,13-11-15-7-3-1-4-8-15)14-12-16-9-5-2-6-10-16/h1-10,17,22H,11-14H2. The second-order valence-electron chi connectivity index (χ2n) is 5.79. The van der Waals surface area contributed by atoms with Gasteiger partial charge in [0.25, 0.3) is 0 Å². The third-order valence-electron chi connectivity index (χ3n) is 3.98. The van der Waals surface area contributed by atoms with Crippen LogP contribution in [-0.2, 0) is 17.4 Å². The van der Waals surface area contributed by atoms with Crippen molar-refractivity contribution in [2.75, 3.05) is 12.3 Å². The Labute approximate surface area is 158 Å². The van der Waals surface area contributed by atoms with Gasteiger partial charge in [0.2, 0.25) is 3.79 Å². The summed E-state index contributed by atoms with van der Waals surface area (Å²) in [7, 11) is -3.10. The van der Waals surface area contributed by atoms with Crippen LogP contribution in [0.1, 0.15) is 11.1 Å². The summed E-state index contributed by atoms with van der Waals surface area (Å²) < 4.78 is 11.4. The molecule has 1 unspecified atom stereocenters. The van der Waals surface area contributed by atoms with Crippen LogP contribution in [0.4, 0.5) is 0 Å². The second-order valence-corrected chi connectivity index (χ2v) is 11.4. The zero-order valence-corrected chi connectivity index (χ0v) is 16.3. The topological polar surface area (TPSA) is 37.3 Å². The molecule has 0 aliphatic heterocycles. The van der Waals surface area contributed by atoms with Crippen LogP contribution in [0.5, 0.6) is 0 Å². The zero-order chi connectivity index (χ0) is 17.6. The van der Waals surface area contributed by atoms with Crippen molar-refractivity contribution in [3.05, 3.63) is 71.8 Å². The van der Waals surface area contributed by atoms with Gasteiger partial charge in [0.05, 0.1) is 0 Å². The molecular weight excluding hydrogens is 386 g/mol. The van der Waals surface area contributed by atoms with E-state index in [4.69, 9.17) is 34.8 Å². The highest BCUT2D eigenvalue weighted by molar-refractivity contribution is 7.64. The number of aryl methyl sites for hydroxylation is 2. The van der Waals surface area contributed by atoms with Gasteiger partial charge in [0.1, 0.15) is 7.14 Å². The molecular formula is C18H20Cl3O2P. The minimum Gasteiger partial charge on any atom is -0.381 e. The Kier molecular flexibility index (Phi) is 7.22. The number of benzene rings is 2. The summed E-state index contributed by atoms with van der Waals surface area (Å²) in [5.74, 6) is -1.47. The Morgan fingerprint density at radius 1 is 0.833 bits per heavy atom. The molecule has 6 heteroatoms. The number of alkyl halides is 3. The van der Waals surface area contributed by atoms with E-state index in [1.807, 2.05) is 60.7 Å². The lowest BCUT2D eigenvalue weighted by molar-refractivity contribution is 0.251. The maximum Gasteiger partial charge on any atom is 0.222 e. The molecule has 0 saturated heterocycles. The fraction of sp³-hybridized carbons (Fsp3) is 0.333. The molecule has 24 heavy (non-hydrogen) atoms. The predicted octanol–water partition coefficient (Wildman–Crippen LogP) is 5.52. The van der Waals surface area contributed by atoms with Crippen LogP contribution in [0.3, 0.4) is 0 Å². The number of hydrogen-bond donors (Lipinski definition) is 1. The van der Waals surface area contributed by atoms with E-state index in [0.717, 1.165) is 11.1 Å². The van der Waals surface area contributed by atoms with Crippen molar-refractivity contribution in [2.45, 2.75) is 22.5 Å². The smallest absolute Gasteiger partial charge is 0.222 e. The van der Waals surface area contributed by atoms with E-state index in [-0.39, 0.29) is 0 Å². The van der Waals surface area contributed by atoms with E-state index < -0.39 is 16.8 Å². The quantitative estimate of drug-likeness (QED) is 0.486. The van der Waals surface area contributed by atoms with Gasteiger partial charge in [-0.25, -0.2) is 0 Å². The first kappa shape index (κ1) is 19.8. The molecule has 0 saturated carbocycles.